The molecule has 0 aliphatic heterocycles. The molecule has 0 unspecified atom stereocenters. The van der Waals surface area contributed by atoms with Crippen molar-refractivity contribution in [1.29, 1.82) is 5.26 Å². The van der Waals surface area contributed by atoms with Crippen molar-refractivity contribution in [2.45, 2.75) is 18.2 Å². The summed E-state index contributed by atoms with van der Waals surface area (Å²) in [5.41, 5.74) is 0. The van der Waals surface area contributed by atoms with Gasteiger partial charge in [0, 0.05) is 18.0 Å². The molecule has 1 aromatic carbocycles. The Labute approximate surface area is 106 Å². The van der Waals surface area contributed by atoms with Gasteiger partial charge in [-0.05, 0) is 19.1 Å². The van der Waals surface area contributed by atoms with E-state index in [1.54, 1.807) is 4.90 Å². The SMILES string of the molecule is CCN(CCC#N)C(=O)CSc1ccccc1. The predicted molar refractivity (Wildman–Crippen MR) is 69.7 cm³/mol. The molecular formula is C13H16N2OS. The zero-order chi connectivity index (χ0) is 12.5. The molecule has 1 aromatic rings. The topological polar surface area (TPSA) is 44.1 Å². The molecular weight excluding hydrogens is 232 g/mol. The number of benzene rings is 1. The van der Waals surface area contributed by atoms with Gasteiger partial charge in [0.25, 0.3) is 0 Å². The van der Waals surface area contributed by atoms with E-state index in [1.807, 2.05) is 37.3 Å². The first kappa shape index (κ1) is 13.6. The van der Waals surface area contributed by atoms with Gasteiger partial charge in [-0.2, -0.15) is 5.26 Å². The molecule has 0 fully saturated rings. The molecule has 0 aliphatic carbocycles. The molecule has 3 nitrogen and oxygen atoms in total. The maximum Gasteiger partial charge on any atom is 0.232 e. The number of amides is 1. The van der Waals surface area contributed by atoms with Gasteiger partial charge in [0.1, 0.15) is 0 Å². The molecule has 0 saturated heterocycles. The van der Waals surface area contributed by atoms with Crippen molar-refractivity contribution >= 4 is 17.7 Å². The second-order valence-electron chi connectivity index (χ2n) is 3.48. The Kier molecular flexibility index (Phi) is 6.19. The van der Waals surface area contributed by atoms with E-state index in [1.165, 1.54) is 11.8 Å². The predicted octanol–water partition coefficient (Wildman–Crippen LogP) is 2.54. The van der Waals surface area contributed by atoms with Crippen LogP contribution >= 0.6 is 11.8 Å². The highest BCUT2D eigenvalue weighted by Gasteiger charge is 2.11. The fourth-order valence-electron chi connectivity index (χ4n) is 1.40. The molecule has 1 rings (SSSR count). The molecule has 90 valence electrons. The minimum Gasteiger partial charge on any atom is -0.341 e. The van der Waals surface area contributed by atoms with Crippen LogP contribution in [0.5, 0.6) is 0 Å². The molecule has 1 amide bonds. The first-order valence-electron chi connectivity index (χ1n) is 5.60. The van der Waals surface area contributed by atoms with Gasteiger partial charge in [-0.1, -0.05) is 18.2 Å². The fraction of sp³-hybridized carbons (Fsp3) is 0.385. The van der Waals surface area contributed by atoms with Crippen molar-refractivity contribution in [2.24, 2.45) is 0 Å². The normalized spacial score (nSPS) is 9.65. The van der Waals surface area contributed by atoms with E-state index in [2.05, 4.69) is 6.07 Å². The highest BCUT2D eigenvalue weighted by molar-refractivity contribution is 8.00. The lowest BCUT2D eigenvalue weighted by molar-refractivity contribution is -0.128. The van der Waals surface area contributed by atoms with Crippen LogP contribution in [0.25, 0.3) is 0 Å². The summed E-state index contributed by atoms with van der Waals surface area (Å²) in [6.07, 6.45) is 0.398. The average molecular weight is 248 g/mol. The lowest BCUT2D eigenvalue weighted by atomic mass is 10.4. The van der Waals surface area contributed by atoms with Gasteiger partial charge in [0.15, 0.2) is 0 Å². The second kappa shape index (κ2) is 7.75. The Morgan fingerprint density at radius 3 is 2.71 bits per heavy atom. The largest absolute Gasteiger partial charge is 0.341 e. The van der Waals surface area contributed by atoms with Crippen LogP contribution in [-0.2, 0) is 4.79 Å². The van der Waals surface area contributed by atoms with Crippen molar-refractivity contribution in [3.05, 3.63) is 30.3 Å². The van der Waals surface area contributed by atoms with E-state index < -0.39 is 0 Å². The van der Waals surface area contributed by atoms with E-state index in [-0.39, 0.29) is 5.91 Å². The van der Waals surface area contributed by atoms with Crippen molar-refractivity contribution in [3.63, 3.8) is 0 Å². The third-order valence-electron chi connectivity index (χ3n) is 2.33. The first-order valence-corrected chi connectivity index (χ1v) is 6.59. The number of nitriles is 1. The van der Waals surface area contributed by atoms with Crippen molar-refractivity contribution in [1.82, 2.24) is 4.90 Å². The third kappa shape index (κ3) is 4.92. The molecule has 0 saturated carbocycles. The number of carbonyl (C=O) groups is 1. The molecule has 4 heteroatoms. The average Bonchev–Trinajstić information content (AvgIpc) is 2.38. The smallest absolute Gasteiger partial charge is 0.232 e. The van der Waals surface area contributed by atoms with E-state index >= 15 is 0 Å². The van der Waals surface area contributed by atoms with Crippen LogP contribution in [0.15, 0.2) is 35.2 Å². The zero-order valence-electron chi connectivity index (χ0n) is 9.93. The highest BCUT2D eigenvalue weighted by Crippen LogP contribution is 2.17. The molecule has 0 N–H and O–H groups in total. The van der Waals surface area contributed by atoms with E-state index in [0.29, 0.717) is 25.3 Å². The van der Waals surface area contributed by atoms with Crippen LogP contribution in [0.1, 0.15) is 13.3 Å². The Balaban J connectivity index is 2.40. The van der Waals surface area contributed by atoms with Gasteiger partial charge in [-0.15, -0.1) is 11.8 Å². The lowest BCUT2D eigenvalue weighted by Gasteiger charge is -2.19. The van der Waals surface area contributed by atoms with E-state index in [4.69, 9.17) is 5.26 Å². The second-order valence-corrected chi connectivity index (χ2v) is 4.53. The van der Waals surface area contributed by atoms with Gasteiger partial charge in [0.05, 0.1) is 18.2 Å². The fourth-order valence-corrected chi connectivity index (χ4v) is 2.22. The van der Waals surface area contributed by atoms with Crippen molar-refractivity contribution < 1.29 is 4.79 Å². The van der Waals surface area contributed by atoms with Crippen LogP contribution in [0.3, 0.4) is 0 Å². The Hall–Kier alpha value is -1.47. The number of rotatable bonds is 6. The summed E-state index contributed by atoms with van der Waals surface area (Å²) in [6, 6.07) is 11.9. The number of hydrogen-bond acceptors (Lipinski definition) is 3. The van der Waals surface area contributed by atoms with Crippen LogP contribution < -0.4 is 0 Å². The van der Waals surface area contributed by atoms with Gasteiger partial charge in [-0.3, -0.25) is 4.79 Å². The van der Waals surface area contributed by atoms with E-state index in [9.17, 15) is 4.79 Å². The number of nitrogens with zero attached hydrogens (tertiary/aromatic N) is 2. The van der Waals surface area contributed by atoms with Gasteiger partial charge >= 0.3 is 0 Å². The first-order chi connectivity index (χ1) is 8.27. The number of thioether (sulfide) groups is 1. The Bertz CT molecular complexity index is 386. The molecule has 17 heavy (non-hydrogen) atoms. The van der Waals surface area contributed by atoms with Gasteiger partial charge < -0.3 is 4.90 Å². The molecule has 0 aromatic heterocycles. The van der Waals surface area contributed by atoms with Gasteiger partial charge in [0.2, 0.25) is 5.91 Å². The number of hydrogen-bond donors (Lipinski definition) is 0. The van der Waals surface area contributed by atoms with Crippen LogP contribution in [0, 0.1) is 11.3 Å². The van der Waals surface area contributed by atoms with Crippen molar-refractivity contribution in [3.8, 4) is 6.07 Å². The molecule has 0 bridgehead atoms. The number of carbonyl (C=O) groups excluding carboxylic acids is 1. The minimum absolute atomic E-state index is 0.0941. The Morgan fingerprint density at radius 1 is 1.41 bits per heavy atom. The van der Waals surface area contributed by atoms with Gasteiger partial charge in [-0.25, -0.2) is 0 Å². The standard InChI is InChI=1S/C13H16N2OS/c1-2-15(10-6-9-14)13(16)11-17-12-7-4-3-5-8-12/h3-5,7-8H,2,6,10-11H2,1H3. The molecule has 0 spiro atoms. The van der Waals surface area contributed by atoms with Crippen LogP contribution in [0.2, 0.25) is 0 Å². The molecule has 0 radical (unpaired) electrons. The summed E-state index contributed by atoms with van der Waals surface area (Å²) in [7, 11) is 0. The summed E-state index contributed by atoms with van der Waals surface area (Å²) in [4.78, 5) is 14.7. The summed E-state index contributed by atoms with van der Waals surface area (Å²) in [5.74, 6) is 0.528. The minimum atomic E-state index is 0.0941. The Morgan fingerprint density at radius 2 is 2.12 bits per heavy atom. The van der Waals surface area contributed by atoms with Crippen LogP contribution in [0.4, 0.5) is 0 Å². The summed E-state index contributed by atoms with van der Waals surface area (Å²) >= 11 is 1.53. The maximum absolute atomic E-state index is 11.8. The quantitative estimate of drug-likeness (QED) is 0.727. The molecule has 0 heterocycles. The lowest BCUT2D eigenvalue weighted by Crippen LogP contribution is -2.32. The van der Waals surface area contributed by atoms with Crippen molar-refractivity contribution in [2.75, 3.05) is 18.8 Å². The third-order valence-corrected chi connectivity index (χ3v) is 3.33. The summed E-state index contributed by atoms with van der Waals surface area (Å²) < 4.78 is 0. The zero-order valence-corrected chi connectivity index (χ0v) is 10.7. The molecule has 0 atom stereocenters. The summed E-state index contributed by atoms with van der Waals surface area (Å²) in [5, 5.41) is 8.51. The monoisotopic (exact) mass is 248 g/mol. The molecule has 0 aliphatic rings. The highest BCUT2D eigenvalue weighted by atomic mass is 32.2. The summed E-state index contributed by atoms with van der Waals surface area (Å²) in [6.45, 7) is 3.12. The van der Waals surface area contributed by atoms with E-state index in [0.717, 1.165) is 4.90 Å². The van der Waals surface area contributed by atoms with Crippen LogP contribution in [-0.4, -0.2) is 29.6 Å². The maximum atomic E-state index is 11.8.